The first kappa shape index (κ1) is 49.7. The van der Waals surface area contributed by atoms with Crippen molar-refractivity contribution >= 4 is 99.3 Å². The van der Waals surface area contributed by atoms with Crippen molar-refractivity contribution < 1.29 is 0 Å². The van der Waals surface area contributed by atoms with Crippen LogP contribution in [0.2, 0.25) is 0 Å². The summed E-state index contributed by atoms with van der Waals surface area (Å²) in [6.45, 7) is 0. The minimum atomic E-state index is 0.447. The monoisotopic (exact) mass is 1150 g/mol. The predicted molar refractivity (Wildman–Crippen MR) is 368 cm³/mol. The van der Waals surface area contributed by atoms with Crippen LogP contribution in [0.15, 0.2) is 297 Å². The van der Waals surface area contributed by atoms with Gasteiger partial charge >= 0.3 is 0 Å². The van der Waals surface area contributed by atoms with Gasteiger partial charge in [0.25, 0.3) is 0 Å². The molecule has 0 spiro atoms. The van der Waals surface area contributed by atoms with Crippen molar-refractivity contribution in [3.05, 3.63) is 303 Å². The van der Waals surface area contributed by atoms with Crippen LogP contribution in [-0.2, 0) is 0 Å². The number of hydrogen-bond acceptors (Lipinski definition) is 3. The van der Waals surface area contributed by atoms with Gasteiger partial charge < -0.3 is 9.13 Å². The normalized spacial score (nSPS) is 12.0. The van der Waals surface area contributed by atoms with E-state index in [1.54, 1.807) is 0 Å². The van der Waals surface area contributed by atoms with E-state index in [1.807, 2.05) is 0 Å². The molecule has 0 saturated heterocycles. The van der Waals surface area contributed by atoms with E-state index in [-0.39, 0.29) is 0 Å². The predicted octanol–water partition coefficient (Wildman–Crippen LogP) is 19.9. The van der Waals surface area contributed by atoms with E-state index in [0.717, 1.165) is 144 Å². The maximum absolute atomic E-state index is 13.0. The highest BCUT2D eigenvalue weighted by molar-refractivity contribution is 6.12. The van der Waals surface area contributed by atoms with Crippen molar-refractivity contribution in [3.63, 3.8) is 0 Å². The fourth-order valence-corrected chi connectivity index (χ4v) is 14.5. The Morgan fingerprint density at radius 2 is 0.567 bits per heavy atom. The number of fused-ring (bicyclic) bond motifs is 16. The van der Waals surface area contributed by atoms with Crippen LogP contribution >= 0.6 is 0 Å². The smallest absolute Gasteiger partial charge is 0.220 e. The van der Waals surface area contributed by atoms with Crippen LogP contribution in [0.5, 0.6) is 0 Å². The van der Waals surface area contributed by atoms with Gasteiger partial charge in [-0.1, -0.05) is 218 Å². The minimum absolute atomic E-state index is 0.447. The van der Waals surface area contributed by atoms with Gasteiger partial charge in [0.15, 0.2) is 0 Å². The van der Waals surface area contributed by atoms with E-state index in [4.69, 9.17) is 9.97 Å². The summed E-state index contributed by atoms with van der Waals surface area (Å²) < 4.78 is 13.9. The standard InChI is InChI=1S/C81H49N9/c82-50-63-78(86-68-35-19-15-31-61(68)62-32-16-20-36-69(62)86)77(87-70-43-39-57(53-25-9-3-10-26-53)47-74(70)88-72-45-55(51-21-5-1-6-22-51)37-41-64(72)83-80(87)88)49-76(85-66-33-17-13-29-59(66)60-30-14-18-34-67(60)85)79(63)90-71-44-40-58(54-27-11-4-12-28-54)48-75(71)89-73-46-56(52-23-7-2-8-24-52)38-42-65(73)84-81(89)90/h1-49H. The van der Waals surface area contributed by atoms with Gasteiger partial charge in [-0.05, 0) is 123 Å². The summed E-state index contributed by atoms with van der Waals surface area (Å²) in [7, 11) is 0. The van der Waals surface area contributed by atoms with E-state index < -0.39 is 0 Å². The molecule has 6 heterocycles. The first-order valence-corrected chi connectivity index (χ1v) is 30.4. The van der Waals surface area contributed by atoms with E-state index in [9.17, 15) is 5.26 Å². The Morgan fingerprint density at radius 3 is 0.978 bits per heavy atom. The van der Waals surface area contributed by atoms with E-state index in [1.165, 1.54) is 0 Å². The Kier molecular flexibility index (Phi) is 10.6. The van der Waals surface area contributed by atoms with Crippen molar-refractivity contribution in [2.75, 3.05) is 0 Å². The highest BCUT2D eigenvalue weighted by atomic mass is 15.2. The van der Waals surface area contributed by atoms with Crippen LogP contribution in [0.4, 0.5) is 0 Å². The van der Waals surface area contributed by atoms with Gasteiger partial charge in [0.2, 0.25) is 11.6 Å². The maximum atomic E-state index is 13.0. The number of rotatable bonds is 8. The third kappa shape index (κ3) is 7.18. The van der Waals surface area contributed by atoms with Crippen LogP contribution in [-0.4, -0.2) is 37.0 Å². The van der Waals surface area contributed by atoms with Crippen LogP contribution in [0.25, 0.3) is 167 Å². The summed E-state index contributed by atoms with van der Waals surface area (Å²) in [5.74, 6) is 1.38. The number of imidazole rings is 4. The van der Waals surface area contributed by atoms with Crippen molar-refractivity contribution in [2.24, 2.45) is 0 Å². The van der Waals surface area contributed by atoms with Gasteiger partial charge in [-0.3, -0.25) is 17.9 Å². The number of hydrogen-bond donors (Lipinski definition) is 0. The number of aromatic nitrogens is 8. The Labute approximate surface area is 514 Å². The van der Waals surface area contributed by atoms with Crippen LogP contribution in [0, 0.1) is 11.3 Å². The Bertz CT molecular complexity index is 6100. The molecule has 0 N–H and O–H groups in total. The molecule has 90 heavy (non-hydrogen) atoms. The molecule has 418 valence electrons. The maximum Gasteiger partial charge on any atom is 0.220 e. The number of nitrogens with zero attached hydrogens (tertiary/aromatic N) is 9. The Morgan fingerprint density at radius 1 is 0.244 bits per heavy atom. The summed E-state index contributed by atoms with van der Waals surface area (Å²) in [6, 6.07) is 109. The molecule has 0 bridgehead atoms. The van der Waals surface area contributed by atoms with E-state index in [0.29, 0.717) is 28.5 Å². The molecule has 19 aromatic rings. The quantitative estimate of drug-likeness (QED) is 0.152. The molecule has 0 aliphatic heterocycles. The lowest BCUT2D eigenvalue weighted by atomic mass is 10.0. The average molecular weight is 1150 g/mol. The van der Waals surface area contributed by atoms with Gasteiger partial charge in [-0.25, -0.2) is 9.97 Å². The van der Waals surface area contributed by atoms with E-state index in [2.05, 4.69) is 330 Å². The molecule has 9 nitrogen and oxygen atoms in total. The van der Waals surface area contributed by atoms with Crippen molar-refractivity contribution in [3.8, 4) is 73.3 Å². The SMILES string of the molecule is N#Cc1c(-n2c3ccccc3c3ccccc32)c(-n2c3ccc(-c4ccccc4)cc3n3c4cc(-c5ccccc5)ccc4nc23)cc(-n2c3ccccc3c3ccccc32)c1-n1c2ccc(-c3ccccc3)cc2n2c3cc(-c4ccccc4)ccc3nc12. The fraction of sp³-hybridized carbons (Fsp3) is 0. The molecular weight excluding hydrogens is 1100 g/mol. The van der Waals surface area contributed by atoms with Crippen LogP contribution < -0.4 is 0 Å². The summed E-state index contributed by atoms with van der Waals surface area (Å²) in [5, 5.41) is 17.4. The largest absolute Gasteiger partial charge is 0.307 e. The first-order valence-electron chi connectivity index (χ1n) is 30.4. The van der Waals surface area contributed by atoms with Gasteiger partial charge in [-0.15, -0.1) is 0 Å². The number of nitriles is 1. The summed E-state index contributed by atoms with van der Waals surface area (Å²) in [5.41, 5.74) is 23.4. The molecule has 6 aromatic heterocycles. The highest BCUT2D eigenvalue weighted by Crippen LogP contribution is 2.47. The molecule has 0 amide bonds. The second-order valence-corrected chi connectivity index (χ2v) is 23.3. The third-order valence-electron chi connectivity index (χ3n) is 18.4. The topological polar surface area (TPSA) is 78.1 Å². The molecule has 9 heteroatoms. The highest BCUT2D eigenvalue weighted by Gasteiger charge is 2.33. The van der Waals surface area contributed by atoms with Crippen molar-refractivity contribution in [1.29, 1.82) is 5.26 Å². The van der Waals surface area contributed by atoms with Crippen LogP contribution in [0.1, 0.15) is 5.56 Å². The lowest BCUT2D eigenvalue weighted by Crippen LogP contribution is -2.14. The number of para-hydroxylation sites is 4. The molecule has 0 unspecified atom stereocenters. The zero-order valence-electron chi connectivity index (χ0n) is 48.3. The Hall–Kier alpha value is -12.5. The number of benzene rings is 13. The second-order valence-electron chi connectivity index (χ2n) is 23.3. The van der Waals surface area contributed by atoms with Gasteiger partial charge in [-0.2, -0.15) is 5.26 Å². The molecule has 0 atom stereocenters. The molecule has 0 aliphatic carbocycles. The zero-order valence-corrected chi connectivity index (χ0v) is 48.3. The molecule has 0 radical (unpaired) electrons. The van der Waals surface area contributed by atoms with Crippen molar-refractivity contribution in [1.82, 2.24) is 37.0 Å². The minimum Gasteiger partial charge on any atom is -0.307 e. The molecule has 0 saturated carbocycles. The summed E-state index contributed by atoms with van der Waals surface area (Å²) in [6.07, 6.45) is 0. The second kappa shape index (κ2) is 19.2. The molecule has 0 fully saturated rings. The Balaban J connectivity index is 1.04. The van der Waals surface area contributed by atoms with Crippen LogP contribution in [0.3, 0.4) is 0 Å². The zero-order chi connectivity index (χ0) is 59.1. The van der Waals surface area contributed by atoms with Gasteiger partial charge in [0.1, 0.15) is 11.6 Å². The van der Waals surface area contributed by atoms with Gasteiger partial charge in [0, 0.05) is 21.5 Å². The summed E-state index contributed by atoms with van der Waals surface area (Å²) >= 11 is 0. The average Bonchev–Trinajstić information content (AvgIpc) is 1.98. The lowest BCUT2D eigenvalue weighted by molar-refractivity contribution is 1.01. The van der Waals surface area contributed by atoms with Crippen molar-refractivity contribution in [2.45, 2.75) is 0 Å². The molecule has 13 aromatic carbocycles. The molecule has 19 rings (SSSR count). The molecule has 0 aliphatic rings. The van der Waals surface area contributed by atoms with Gasteiger partial charge in [0.05, 0.1) is 88.9 Å². The van der Waals surface area contributed by atoms with E-state index >= 15 is 0 Å². The summed E-state index contributed by atoms with van der Waals surface area (Å²) in [4.78, 5) is 11.4. The lowest BCUT2D eigenvalue weighted by Gasteiger charge is -2.24. The molecular formula is C81H49N9. The third-order valence-corrected chi connectivity index (χ3v) is 18.4. The fourth-order valence-electron chi connectivity index (χ4n) is 14.5. The first-order chi connectivity index (χ1) is 44.6.